The van der Waals surface area contributed by atoms with E-state index in [1.54, 1.807) is 0 Å². The van der Waals surface area contributed by atoms with Gasteiger partial charge in [0.05, 0.1) is 13.2 Å². The van der Waals surface area contributed by atoms with E-state index in [0.717, 1.165) is 32.1 Å². The first-order chi connectivity index (χ1) is 7.68. The highest BCUT2D eigenvalue weighted by Crippen LogP contribution is 2.22. The number of hydrogen-bond donors (Lipinski definition) is 0. The second-order valence-electron chi connectivity index (χ2n) is 4.65. The van der Waals surface area contributed by atoms with Crippen LogP contribution in [0.15, 0.2) is 12.3 Å². The highest BCUT2D eigenvalue weighted by Gasteiger charge is 2.13. The van der Waals surface area contributed by atoms with Crippen molar-refractivity contribution in [1.82, 2.24) is 4.98 Å². The molecule has 1 aromatic heterocycles. The Balaban J connectivity index is 2.19. The van der Waals surface area contributed by atoms with Gasteiger partial charge in [0.1, 0.15) is 5.82 Å². The molecule has 0 spiro atoms. The third-order valence-corrected chi connectivity index (χ3v) is 3.09. The van der Waals surface area contributed by atoms with Crippen LogP contribution < -0.4 is 4.90 Å². The van der Waals surface area contributed by atoms with Gasteiger partial charge in [-0.15, -0.1) is 0 Å². The zero-order valence-electron chi connectivity index (χ0n) is 10.4. The first-order valence-corrected chi connectivity index (χ1v) is 5.97. The predicted octanol–water partition coefficient (Wildman–Crippen LogP) is 2.35. The van der Waals surface area contributed by atoms with Crippen LogP contribution in [0, 0.1) is 6.92 Å². The van der Waals surface area contributed by atoms with E-state index in [0.29, 0.717) is 5.92 Å². The molecule has 2 rings (SSSR count). The number of anilines is 1. The first kappa shape index (κ1) is 11.4. The van der Waals surface area contributed by atoms with Crippen molar-refractivity contribution in [2.75, 3.05) is 31.2 Å². The summed E-state index contributed by atoms with van der Waals surface area (Å²) in [6.45, 7) is 10.1. The van der Waals surface area contributed by atoms with Crippen LogP contribution in [0.25, 0.3) is 0 Å². The lowest BCUT2D eigenvalue weighted by molar-refractivity contribution is 0.122. The van der Waals surface area contributed by atoms with E-state index in [4.69, 9.17) is 4.74 Å². The van der Waals surface area contributed by atoms with Gasteiger partial charge in [0, 0.05) is 19.3 Å². The molecule has 1 aliphatic rings. The van der Waals surface area contributed by atoms with Gasteiger partial charge in [-0.3, -0.25) is 0 Å². The summed E-state index contributed by atoms with van der Waals surface area (Å²) in [5.74, 6) is 1.64. The van der Waals surface area contributed by atoms with Crippen LogP contribution in [0.1, 0.15) is 30.9 Å². The summed E-state index contributed by atoms with van der Waals surface area (Å²) in [7, 11) is 0. The minimum absolute atomic E-state index is 0.547. The van der Waals surface area contributed by atoms with E-state index in [1.165, 1.54) is 11.1 Å². The molecule has 0 amide bonds. The van der Waals surface area contributed by atoms with Gasteiger partial charge < -0.3 is 9.64 Å². The highest BCUT2D eigenvalue weighted by molar-refractivity contribution is 5.44. The summed E-state index contributed by atoms with van der Waals surface area (Å²) >= 11 is 0. The maximum absolute atomic E-state index is 5.34. The molecular weight excluding hydrogens is 200 g/mol. The molecule has 0 aromatic carbocycles. The molecule has 1 saturated heterocycles. The molecule has 0 saturated carbocycles. The second-order valence-corrected chi connectivity index (χ2v) is 4.65. The number of ether oxygens (including phenoxy) is 1. The molecule has 0 atom stereocenters. The second kappa shape index (κ2) is 4.83. The van der Waals surface area contributed by atoms with Crippen LogP contribution in [0.5, 0.6) is 0 Å². The number of nitrogens with zero attached hydrogens (tertiary/aromatic N) is 2. The molecule has 2 heterocycles. The van der Waals surface area contributed by atoms with Crippen LogP contribution in [-0.2, 0) is 4.74 Å². The Hall–Kier alpha value is -1.09. The summed E-state index contributed by atoms with van der Waals surface area (Å²) in [6.07, 6.45) is 2.02. The standard InChI is InChI=1S/C13H20N2O/c1-10(2)12-9-14-13(8-11(12)3)15-4-6-16-7-5-15/h8-10H,4-7H2,1-3H3. The monoisotopic (exact) mass is 220 g/mol. The fourth-order valence-electron chi connectivity index (χ4n) is 2.12. The zero-order valence-corrected chi connectivity index (χ0v) is 10.4. The predicted molar refractivity (Wildman–Crippen MR) is 66.1 cm³/mol. The van der Waals surface area contributed by atoms with E-state index in [9.17, 15) is 0 Å². The molecule has 1 aromatic rings. The van der Waals surface area contributed by atoms with Crippen LogP contribution >= 0.6 is 0 Å². The summed E-state index contributed by atoms with van der Waals surface area (Å²) in [5, 5.41) is 0. The van der Waals surface area contributed by atoms with Crippen molar-refractivity contribution in [1.29, 1.82) is 0 Å². The lowest BCUT2D eigenvalue weighted by Crippen LogP contribution is -2.36. The number of pyridine rings is 1. The van der Waals surface area contributed by atoms with E-state index < -0.39 is 0 Å². The van der Waals surface area contributed by atoms with Gasteiger partial charge in [-0.05, 0) is 30.0 Å². The Morgan fingerprint density at radius 2 is 2.00 bits per heavy atom. The molecule has 0 bridgehead atoms. The minimum atomic E-state index is 0.547. The van der Waals surface area contributed by atoms with Crippen LogP contribution in [-0.4, -0.2) is 31.3 Å². The minimum Gasteiger partial charge on any atom is -0.378 e. The molecule has 0 N–H and O–H groups in total. The topological polar surface area (TPSA) is 25.4 Å². The highest BCUT2D eigenvalue weighted by atomic mass is 16.5. The fraction of sp³-hybridized carbons (Fsp3) is 0.615. The Bertz CT molecular complexity index is 357. The average Bonchev–Trinajstić information content (AvgIpc) is 2.29. The maximum Gasteiger partial charge on any atom is 0.128 e. The molecule has 0 radical (unpaired) electrons. The smallest absolute Gasteiger partial charge is 0.128 e. The van der Waals surface area contributed by atoms with Gasteiger partial charge in [-0.2, -0.15) is 0 Å². The molecule has 0 aliphatic carbocycles. The third kappa shape index (κ3) is 2.35. The van der Waals surface area contributed by atoms with Crippen molar-refractivity contribution in [2.45, 2.75) is 26.7 Å². The van der Waals surface area contributed by atoms with Gasteiger partial charge >= 0.3 is 0 Å². The van der Waals surface area contributed by atoms with Crippen molar-refractivity contribution >= 4 is 5.82 Å². The van der Waals surface area contributed by atoms with Gasteiger partial charge in [0.25, 0.3) is 0 Å². The normalized spacial score (nSPS) is 16.9. The van der Waals surface area contributed by atoms with Gasteiger partial charge in [-0.25, -0.2) is 4.98 Å². The average molecular weight is 220 g/mol. The zero-order chi connectivity index (χ0) is 11.5. The first-order valence-electron chi connectivity index (χ1n) is 5.97. The molecule has 3 heteroatoms. The maximum atomic E-state index is 5.34. The van der Waals surface area contributed by atoms with Crippen molar-refractivity contribution in [2.24, 2.45) is 0 Å². The molecular formula is C13H20N2O. The van der Waals surface area contributed by atoms with Crippen LogP contribution in [0.3, 0.4) is 0 Å². The van der Waals surface area contributed by atoms with E-state index in [1.807, 2.05) is 6.20 Å². The van der Waals surface area contributed by atoms with Crippen molar-refractivity contribution in [3.8, 4) is 0 Å². The summed E-state index contributed by atoms with van der Waals surface area (Å²) < 4.78 is 5.34. The van der Waals surface area contributed by atoms with Crippen molar-refractivity contribution in [3.63, 3.8) is 0 Å². The van der Waals surface area contributed by atoms with Crippen molar-refractivity contribution < 1.29 is 4.74 Å². The number of aryl methyl sites for hydroxylation is 1. The molecule has 16 heavy (non-hydrogen) atoms. The van der Waals surface area contributed by atoms with Gasteiger partial charge in [-0.1, -0.05) is 13.8 Å². The van der Waals surface area contributed by atoms with E-state index in [2.05, 4.69) is 36.7 Å². The summed E-state index contributed by atoms with van der Waals surface area (Å²) in [4.78, 5) is 6.85. The van der Waals surface area contributed by atoms with E-state index in [-0.39, 0.29) is 0 Å². The van der Waals surface area contributed by atoms with Gasteiger partial charge in [0.2, 0.25) is 0 Å². The molecule has 1 fully saturated rings. The van der Waals surface area contributed by atoms with Crippen LogP contribution in [0.4, 0.5) is 5.82 Å². The summed E-state index contributed by atoms with van der Waals surface area (Å²) in [5.41, 5.74) is 2.68. The number of aromatic nitrogens is 1. The Kier molecular flexibility index (Phi) is 3.44. The number of morpholine rings is 1. The summed E-state index contributed by atoms with van der Waals surface area (Å²) in [6, 6.07) is 2.20. The quantitative estimate of drug-likeness (QED) is 0.765. The number of hydrogen-bond acceptors (Lipinski definition) is 3. The Labute approximate surface area is 97.4 Å². The van der Waals surface area contributed by atoms with Crippen molar-refractivity contribution in [3.05, 3.63) is 23.4 Å². The molecule has 0 unspecified atom stereocenters. The fourth-order valence-corrected chi connectivity index (χ4v) is 2.12. The molecule has 3 nitrogen and oxygen atoms in total. The number of rotatable bonds is 2. The largest absolute Gasteiger partial charge is 0.378 e. The lowest BCUT2D eigenvalue weighted by Gasteiger charge is -2.28. The van der Waals surface area contributed by atoms with E-state index >= 15 is 0 Å². The Morgan fingerprint density at radius 1 is 1.31 bits per heavy atom. The third-order valence-electron chi connectivity index (χ3n) is 3.09. The molecule has 1 aliphatic heterocycles. The lowest BCUT2D eigenvalue weighted by atomic mass is 10.0. The molecule has 88 valence electrons. The van der Waals surface area contributed by atoms with Crippen LogP contribution in [0.2, 0.25) is 0 Å². The van der Waals surface area contributed by atoms with Gasteiger partial charge in [0.15, 0.2) is 0 Å². The Morgan fingerprint density at radius 3 is 2.56 bits per heavy atom. The SMILES string of the molecule is Cc1cc(N2CCOCC2)ncc1C(C)C.